The van der Waals surface area contributed by atoms with E-state index < -0.39 is 0 Å². The van der Waals surface area contributed by atoms with Crippen LogP contribution in [0.25, 0.3) is 0 Å². The van der Waals surface area contributed by atoms with Gasteiger partial charge in [-0.1, -0.05) is 16.8 Å². The molecule has 0 aliphatic heterocycles. The summed E-state index contributed by atoms with van der Waals surface area (Å²) in [5, 5.41) is 9.32. The van der Waals surface area contributed by atoms with E-state index in [9.17, 15) is 4.79 Å². The molecule has 0 spiro atoms. The van der Waals surface area contributed by atoms with Crippen molar-refractivity contribution in [3.8, 4) is 0 Å². The number of hydrogen-bond donors (Lipinski definition) is 2. The molecule has 0 unspecified atom stereocenters. The second-order valence-electron chi connectivity index (χ2n) is 3.48. The van der Waals surface area contributed by atoms with Gasteiger partial charge < -0.3 is 15.2 Å². The van der Waals surface area contributed by atoms with E-state index in [1.165, 1.54) is 12.3 Å². The van der Waals surface area contributed by atoms with Crippen molar-refractivity contribution in [1.29, 1.82) is 0 Å². The first-order valence-corrected chi connectivity index (χ1v) is 5.60. The van der Waals surface area contributed by atoms with Crippen molar-refractivity contribution in [2.75, 3.05) is 12.4 Å². The molecule has 0 aliphatic rings. The van der Waals surface area contributed by atoms with Gasteiger partial charge in [-0.05, 0) is 12.1 Å². The minimum atomic E-state index is -0.257. The highest BCUT2D eigenvalue weighted by atomic mass is 35.5. The van der Waals surface area contributed by atoms with E-state index in [4.69, 9.17) is 16.1 Å². The molecular weight excluding hydrogens is 256 g/mol. The SMILES string of the molecule is CNc1cc(C(=O)NCc2ccno2)cc(Cl)n1. The number of nitrogens with one attached hydrogen (secondary N) is 2. The minimum Gasteiger partial charge on any atom is -0.373 e. The van der Waals surface area contributed by atoms with Crippen LogP contribution >= 0.6 is 11.6 Å². The van der Waals surface area contributed by atoms with E-state index >= 15 is 0 Å². The Labute approximate surface area is 108 Å². The first-order chi connectivity index (χ1) is 8.69. The molecule has 18 heavy (non-hydrogen) atoms. The number of aromatic nitrogens is 2. The van der Waals surface area contributed by atoms with E-state index in [-0.39, 0.29) is 17.6 Å². The molecule has 2 N–H and O–H groups in total. The number of carbonyl (C=O) groups is 1. The van der Waals surface area contributed by atoms with Crippen molar-refractivity contribution < 1.29 is 9.32 Å². The second kappa shape index (κ2) is 5.50. The van der Waals surface area contributed by atoms with Crippen LogP contribution in [0.5, 0.6) is 0 Å². The summed E-state index contributed by atoms with van der Waals surface area (Å²) < 4.78 is 4.87. The molecule has 0 aromatic carbocycles. The Morgan fingerprint density at radius 3 is 3.00 bits per heavy atom. The van der Waals surface area contributed by atoms with Crippen molar-refractivity contribution in [3.63, 3.8) is 0 Å². The number of amides is 1. The molecule has 2 heterocycles. The Hall–Kier alpha value is -2.08. The van der Waals surface area contributed by atoms with Crippen LogP contribution in [0.1, 0.15) is 16.1 Å². The standard InChI is InChI=1S/C11H11ClN4O2/c1-13-10-5-7(4-9(12)16-10)11(17)14-6-8-2-3-15-18-8/h2-5H,6H2,1H3,(H,13,16)(H,14,17). The Bertz CT molecular complexity index is 542. The van der Waals surface area contributed by atoms with Gasteiger partial charge in [-0.2, -0.15) is 0 Å². The summed E-state index contributed by atoms with van der Waals surface area (Å²) in [5.41, 5.74) is 0.430. The third-order valence-corrected chi connectivity index (χ3v) is 2.42. The van der Waals surface area contributed by atoms with Crippen molar-refractivity contribution in [3.05, 3.63) is 40.9 Å². The van der Waals surface area contributed by atoms with Gasteiger partial charge in [-0.3, -0.25) is 4.79 Å². The van der Waals surface area contributed by atoms with Gasteiger partial charge in [0.1, 0.15) is 11.0 Å². The third-order valence-electron chi connectivity index (χ3n) is 2.23. The maximum Gasteiger partial charge on any atom is 0.251 e. The molecule has 0 saturated carbocycles. The molecule has 94 valence electrons. The lowest BCUT2D eigenvalue weighted by Crippen LogP contribution is -2.22. The highest BCUT2D eigenvalue weighted by molar-refractivity contribution is 6.29. The molecule has 2 aromatic heterocycles. The lowest BCUT2D eigenvalue weighted by molar-refractivity contribution is 0.0947. The van der Waals surface area contributed by atoms with Crippen molar-refractivity contribution >= 4 is 23.3 Å². The Kier molecular flexibility index (Phi) is 3.78. The molecule has 0 atom stereocenters. The van der Waals surface area contributed by atoms with Crippen LogP contribution in [0.15, 0.2) is 28.9 Å². The molecule has 7 heteroatoms. The monoisotopic (exact) mass is 266 g/mol. The number of halogens is 1. The highest BCUT2D eigenvalue weighted by Gasteiger charge is 2.09. The molecule has 0 aliphatic carbocycles. The Balaban J connectivity index is 2.06. The smallest absolute Gasteiger partial charge is 0.251 e. The number of pyridine rings is 1. The van der Waals surface area contributed by atoms with Gasteiger partial charge in [0.05, 0.1) is 12.7 Å². The van der Waals surface area contributed by atoms with Crippen LogP contribution in [0, 0.1) is 0 Å². The number of carbonyl (C=O) groups excluding carboxylic acids is 1. The molecule has 0 fully saturated rings. The van der Waals surface area contributed by atoms with Crippen molar-refractivity contribution in [2.45, 2.75) is 6.54 Å². The van der Waals surface area contributed by atoms with Crippen LogP contribution < -0.4 is 10.6 Å². The summed E-state index contributed by atoms with van der Waals surface area (Å²) in [7, 11) is 1.70. The van der Waals surface area contributed by atoms with Crippen molar-refractivity contribution in [2.24, 2.45) is 0 Å². The number of anilines is 1. The number of hydrogen-bond acceptors (Lipinski definition) is 5. The Morgan fingerprint density at radius 2 is 2.33 bits per heavy atom. The Morgan fingerprint density at radius 1 is 1.50 bits per heavy atom. The van der Waals surface area contributed by atoms with E-state index in [0.717, 1.165) is 0 Å². The molecular formula is C11H11ClN4O2. The van der Waals surface area contributed by atoms with Gasteiger partial charge >= 0.3 is 0 Å². The molecule has 0 radical (unpaired) electrons. The van der Waals surface area contributed by atoms with Gasteiger partial charge in [0.2, 0.25) is 0 Å². The average Bonchev–Trinajstić information content (AvgIpc) is 2.88. The topological polar surface area (TPSA) is 80.0 Å². The van der Waals surface area contributed by atoms with E-state index in [2.05, 4.69) is 20.8 Å². The van der Waals surface area contributed by atoms with Gasteiger partial charge in [0.25, 0.3) is 5.91 Å². The molecule has 2 aromatic rings. The fraction of sp³-hybridized carbons (Fsp3) is 0.182. The van der Waals surface area contributed by atoms with E-state index in [1.807, 2.05) is 0 Å². The van der Waals surface area contributed by atoms with E-state index in [0.29, 0.717) is 17.1 Å². The number of rotatable bonds is 4. The second-order valence-corrected chi connectivity index (χ2v) is 3.86. The third kappa shape index (κ3) is 2.98. The van der Waals surface area contributed by atoms with Gasteiger partial charge in [-0.15, -0.1) is 0 Å². The average molecular weight is 267 g/mol. The first kappa shape index (κ1) is 12.4. The largest absolute Gasteiger partial charge is 0.373 e. The summed E-state index contributed by atoms with van der Waals surface area (Å²) >= 11 is 5.81. The van der Waals surface area contributed by atoms with Crippen LogP contribution in [0.4, 0.5) is 5.82 Å². The molecule has 6 nitrogen and oxygen atoms in total. The van der Waals surface area contributed by atoms with Gasteiger partial charge in [0, 0.05) is 18.7 Å². The lowest BCUT2D eigenvalue weighted by atomic mass is 10.2. The summed E-state index contributed by atoms with van der Waals surface area (Å²) in [6.45, 7) is 0.271. The molecule has 0 bridgehead atoms. The van der Waals surface area contributed by atoms with Crippen LogP contribution in [-0.4, -0.2) is 23.1 Å². The van der Waals surface area contributed by atoms with Gasteiger partial charge in [-0.25, -0.2) is 4.98 Å². The fourth-order valence-electron chi connectivity index (χ4n) is 1.36. The molecule has 1 amide bonds. The maximum atomic E-state index is 11.9. The minimum absolute atomic E-state index is 0.256. The zero-order valence-corrected chi connectivity index (χ0v) is 10.4. The first-order valence-electron chi connectivity index (χ1n) is 5.22. The quantitative estimate of drug-likeness (QED) is 0.823. The summed E-state index contributed by atoms with van der Waals surface area (Å²) in [4.78, 5) is 15.9. The zero-order chi connectivity index (χ0) is 13.0. The summed E-state index contributed by atoms with van der Waals surface area (Å²) in [6.07, 6.45) is 1.52. The highest BCUT2D eigenvalue weighted by Crippen LogP contribution is 2.14. The van der Waals surface area contributed by atoms with E-state index in [1.54, 1.807) is 19.2 Å². The zero-order valence-electron chi connectivity index (χ0n) is 9.61. The van der Waals surface area contributed by atoms with Crippen LogP contribution in [0.3, 0.4) is 0 Å². The van der Waals surface area contributed by atoms with Crippen LogP contribution in [-0.2, 0) is 6.54 Å². The van der Waals surface area contributed by atoms with Crippen LogP contribution in [0.2, 0.25) is 5.15 Å². The molecule has 0 saturated heterocycles. The van der Waals surface area contributed by atoms with Gasteiger partial charge in [0.15, 0.2) is 5.76 Å². The predicted molar refractivity (Wildman–Crippen MR) is 66.5 cm³/mol. The lowest BCUT2D eigenvalue weighted by Gasteiger charge is -2.05. The molecule has 2 rings (SSSR count). The summed E-state index contributed by atoms with van der Waals surface area (Å²) in [5.74, 6) is 0.858. The summed E-state index contributed by atoms with van der Waals surface area (Å²) in [6, 6.07) is 4.79. The predicted octanol–water partition coefficient (Wildman–Crippen LogP) is 1.69. The number of nitrogens with zero attached hydrogens (tertiary/aromatic N) is 2. The van der Waals surface area contributed by atoms with Crippen molar-refractivity contribution in [1.82, 2.24) is 15.5 Å². The fourth-order valence-corrected chi connectivity index (χ4v) is 1.57. The normalized spacial score (nSPS) is 10.1. The maximum absolute atomic E-state index is 11.9.